The van der Waals surface area contributed by atoms with Crippen LogP contribution in [0.1, 0.15) is 52.7 Å². The van der Waals surface area contributed by atoms with Gasteiger partial charge in [0.1, 0.15) is 11.6 Å². The molecule has 0 aliphatic carbocycles. The van der Waals surface area contributed by atoms with Gasteiger partial charge in [0.25, 0.3) is 0 Å². The van der Waals surface area contributed by atoms with E-state index < -0.39 is 0 Å². The fourth-order valence-electron chi connectivity index (χ4n) is 7.75. The van der Waals surface area contributed by atoms with Gasteiger partial charge >= 0.3 is 0 Å². The van der Waals surface area contributed by atoms with Crippen molar-refractivity contribution in [3.63, 3.8) is 0 Å². The first-order valence-electron chi connectivity index (χ1n) is 19.1. The lowest BCUT2D eigenvalue weighted by molar-refractivity contribution is 0.476. The van der Waals surface area contributed by atoms with Gasteiger partial charge in [-0.15, -0.1) is 0 Å². The van der Waals surface area contributed by atoms with Crippen LogP contribution < -0.4 is 0 Å². The van der Waals surface area contributed by atoms with Crippen molar-refractivity contribution >= 4 is 33.0 Å². The highest BCUT2D eigenvalue weighted by molar-refractivity contribution is 6.06. The monoisotopic (exact) mass is 729 g/mol. The first kappa shape index (κ1) is 35.1. The summed E-state index contributed by atoms with van der Waals surface area (Å²) in [4.78, 5) is 19.6. The van der Waals surface area contributed by atoms with Crippen LogP contribution in [0.3, 0.4) is 0 Å². The molecule has 0 unspecified atom stereocenters. The van der Waals surface area contributed by atoms with Gasteiger partial charge in [0.2, 0.25) is 0 Å². The number of hydrogen-bond donors (Lipinski definition) is 1. The number of aromatic nitrogens is 5. The Kier molecular flexibility index (Phi) is 8.31. The number of aromatic hydroxyl groups is 1. The number of nitrogens with zero attached hydrogens (tertiary/aromatic N) is 5. The smallest absolute Gasteiger partial charge is 0.145 e. The molecule has 3 aromatic heterocycles. The summed E-state index contributed by atoms with van der Waals surface area (Å²) in [7, 11) is 0. The van der Waals surface area contributed by atoms with Crippen molar-refractivity contribution in [2.75, 3.05) is 0 Å². The Morgan fingerprint density at radius 3 is 2.02 bits per heavy atom. The molecule has 0 amide bonds. The number of fused-ring (bicyclic) bond motifs is 3. The maximum atomic E-state index is 11.5. The standard InChI is InChI=1S/C50H43N5O/c1-49(2,3)34-22-23-42(38(27-34)31-14-8-7-9-15-31)55-43-21-13-19-37(45-36-18-10-11-20-40(36)53-30-44(45)56)47(43)54-48(55)33-17-12-16-32(26-33)39-28-35(50(4,5)6)29-41-46(39)52-25-24-51-41/h7-30,56H,1-6H3. The average Bonchev–Trinajstić information content (AvgIpc) is 3.60. The Balaban J connectivity index is 1.36. The van der Waals surface area contributed by atoms with Crippen molar-refractivity contribution in [1.29, 1.82) is 0 Å². The molecule has 6 aromatic carbocycles. The van der Waals surface area contributed by atoms with E-state index in [0.29, 0.717) is 5.56 Å². The maximum absolute atomic E-state index is 11.5. The van der Waals surface area contributed by atoms with Gasteiger partial charge in [-0.2, -0.15) is 0 Å². The molecule has 0 bridgehead atoms. The molecule has 6 heteroatoms. The third-order valence-electron chi connectivity index (χ3n) is 10.8. The van der Waals surface area contributed by atoms with E-state index in [1.807, 2.05) is 30.3 Å². The molecule has 3 heterocycles. The molecular formula is C50H43N5O. The van der Waals surface area contributed by atoms with E-state index in [9.17, 15) is 5.11 Å². The minimum atomic E-state index is -0.0851. The van der Waals surface area contributed by atoms with Crippen LogP contribution in [-0.4, -0.2) is 29.6 Å². The fourth-order valence-corrected chi connectivity index (χ4v) is 7.75. The second kappa shape index (κ2) is 13.3. The number of benzene rings is 6. The van der Waals surface area contributed by atoms with Gasteiger partial charge in [-0.1, -0.05) is 126 Å². The molecule has 9 rings (SSSR count). The fraction of sp³-hybridized carbons (Fsp3) is 0.160. The Morgan fingerprint density at radius 1 is 0.518 bits per heavy atom. The van der Waals surface area contributed by atoms with Gasteiger partial charge in [-0.3, -0.25) is 19.5 Å². The molecular weight excluding hydrogens is 687 g/mol. The zero-order chi connectivity index (χ0) is 38.8. The van der Waals surface area contributed by atoms with Crippen LogP contribution in [0.4, 0.5) is 0 Å². The summed E-state index contributed by atoms with van der Waals surface area (Å²) >= 11 is 0. The van der Waals surface area contributed by atoms with Crippen molar-refractivity contribution < 1.29 is 5.11 Å². The number of para-hydroxylation sites is 2. The van der Waals surface area contributed by atoms with E-state index in [2.05, 4.69) is 148 Å². The normalized spacial score (nSPS) is 12.2. The van der Waals surface area contributed by atoms with Crippen LogP contribution in [0.15, 0.2) is 146 Å². The summed E-state index contributed by atoms with van der Waals surface area (Å²) < 4.78 is 2.29. The molecule has 0 saturated carbocycles. The lowest BCUT2D eigenvalue weighted by atomic mass is 9.84. The van der Waals surface area contributed by atoms with Crippen LogP contribution in [0.25, 0.3) is 83.4 Å². The summed E-state index contributed by atoms with van der Waals surface area (Å²) in [5.41, 5.74) is 14.3. The van der Waals surface area contributed by atoms with Crippen LogP contribution in [0.2, 0.25) is 0 Å². The molecule has 0 radical (unpaired) electrons. The second-order valence-electron chi connectivity index (χ2n) is 16.6. The zero-order valence-electron chi connectivity index (χ0n) is 32.5. The minimum Gasteiger partial charge on any atom is -0.506 e. The lowest BCUT2D eigenvalue weighted by Crippen LogP contribution is -2.12. The van der Waals surface area contributed by atoms with E-state index in [1.54, 1.807) is 12.4 Å². The lowest BCUT2D eigenvalue weighted by Gasteiger charge is -2.23. The largest absolute Gasteiger partial charge is 0.506 e. The maximum Gasteiger partial charge on any atom is 0.145 e. The van der Waals surface area contributed by atoms with Crippen molar-refractivity contribution in [1.82, 2.24) is 24.5 Å². The van der Waals surface area contributed by atoms with Crippen LogP contribution >= 0.6 is 0 Å². The van der Waals surface area contributed by atoms with Gasteiger partial charge in [0, 0.05) is 45.6 Å². The molecule has 0 spiro atoms. The topological polar surface area (TPSA) is 76.7 Å². The summed E-state index contributed by atoms with van der Waals surface area (Å²) in [6, 6.07) is 44.5. The average molecular weight is 730 g/mol. The number of hydrogen-bond acceptors (Lipinski definition) is 5. The van der Waals surface area contributed by atoms with E-state index in [0.717, 1.165) is 77.9 Å². The summed E-state index contributed by atoms with van der Waals surface area (Å²) in [5, 5.41) is 12.3. The Bertz CT molecular complexity index is 2950. The first-order valence-corrected chi connectivity index (χ1v) is 19.1. The Labute approximate surface area is 327 Å². The Morgan fingerprint density at radius 2 is 1.21 bits per heavy atom. The highest BCUT2D eigenvalue weighted by atomic mass is 16.3. The van der Waals surface area contributed by atoms with Crippen molar-refractivity contribution in [2.24, 2.45) is 0 Å². The van der Waals surface area contributed by atoms with Gasteiger partial charge in [-0.05, 0) is 75.5 Å². The van der Waals surface area contributed by atoms with E-state index in [-0.39, 0.29) is 16.6 Å². The second-order valence-corrected chi connectivity index (χ2v) is 16.6. The number of pyridine rings is 1. The van der Waals surface area contributed by atoms with Crippen molar-refractivity contribution in [3.05, 3.63) is 157 Å². The molecule has 1 N–H and O–H groups in total. The van der Waals surface area contributed by atoms with Gasteiger partial charge in [0.15, 0.2) is 0 Å². The molecule has 0 aliphatic heterocycles. The summed E-state index contributed by atoms with van der Waals surface area (Å²) in [6.45, 7) is 13.4. The van der Waals surface area contributed by atoms with Crippen LogP contribution in [-0.2, 0) is 10.8 Å². The van der Waals surface area contributed by atoms with E-state index in [4.69, 9.17) is 15.0 Å². The van der Waals surface area contributed by atoms with E-state index >= 15 is 0 Å². The van der Waals surface area contributed by atoms with Gasteiger partial charge < -0.3 is 5.11 Å². The number of imidazole rings is 1. The van der Waals surface area contributed by atoms with Crippen molar-refractivity contribution in [3.8, 4) is 56.2 Å². The molecule has 56 heavy (non-hydrogen) atoms. The molecule has 0 aliphatic rings. The van der Waals surface area contributed by atoms with Crippen LogP contribution in [0.5, 0.6) is 5.75 Å². The third-order valence-corrected chi connectivity index (χ3v) is 10.8. The SMILES string of the molecule is CC(C)(C)c1ccc(-n2c(-c3cccc(-c4cc(C(C)(C)C)cc5nccnc45)c3)nc3c(-c4c(O)cnc5ccccc45)cccc32)c(-c2ccccc2)c1. The molecule has 0 atom stereocenters. The third kappa shape index (κ3) is 6.08. The molecule has 0 saturated heterocycles. The Hall–Kier alpha value is -6.66. The molecule has 274 valence electrons. The quantitative estimate of drug-likeness (QED) is 0.191. The minimum absolute atomic E-state index is 0.0589. The predicted octanol–water partition coefficient (Wildman–Crippen LogP) is 12.5. The van der Waals surface area contributed by atoms with E-state index in [1.165, 1.54) is 17.3 Å². The van der Waals surface area contributed by atoms with Gasteiger partial charge in [0.05, 0.1) is 39.5 Å². The molecule has 9 aromatic rings. The van der Waals surface area contributed by atoms with Gasteiger partial charge in [-0.25, -0.2) is 4.98 Å². The zero-order valence-corrected chi connectivity index (χ0v) is 32.5. The highest BCUT2D eigenvalue weighted by Gasteiger charge is 2.25. The number of rotatable bonds is 5. The molecule has 6 nitrogen and oxygen atoms in total. The summed E-state index contributed by atoms with van der Waals surface area (Å²) in [6.07, 6.45) is 5.06. The highest BCUT2D eigenvalue weighted by Crippen LogP contribution is 2.43. The predicted molar refractivity (Wildman–Crippen MR) is 230 cm³/mol. The van der Waals surface area contributed by atoms with Crippen molar-refractivity contribution in [2.45, 2.75) is 52.4 Å². The first-order chi connectivity index (χ1) is 27.0. The summed E-state index contributed by atoms with van der Waals surface area (Å²) in [5.74, 6) is 0.899. The van der Waals surface area contributed by atoms with Crippen LogP contribution in [0, 0.1) is 0 Å². The molecule has 0 fully saturated rings.